The second-order valence-electron chi connectivity index (χ2n) is 10.3. The molecule has 0 aliphatic heterocycles. The molecule has 0 aliphatic carbocycles. The molecule has 11 nitrogen and oxygen atoms in total. The van der Waals surface area contributed by atoms with Crippen molar-refractivity contribution in [2.24, 2.45) is 0 Å². The lowest BCUT2D eigenvalue weighted by molar-refractivity contribution is -0.145. The summed E-state index contributed by atoms with van der Waals surface area (Å²) in [4.78, 5) is 49.4. The number of alkyl carbamates (subject to hydrolysis) is 1. The third kappa shape index (κ3) is 11.1. The largest absolute Gasteiger partial charge is 0.461 e. The average Bonchev–Trinajstić information content (AvgIpc) is 2.95. The number of hydrogen-bond acceptors (Lipinski definition) is 7. The monoisotopic (exact) mass is 573 g/mol. The van der Waals surface area contributed by atoms with Gasteiger partial charge in [0.1, 0.15) is 18.0 Å². The predicted octanol–water partition coefficient (Wildman–Crippen LogP) is 4.65. The van der Waals surface area contributed by atoms with E-state index in [1.165, 1.54) is 0 Å². The lowest BCUT2D eigenvalue weighted by Crippen LogP contribution is -2.40. The van der Waals surface area contributed by atoms with Gasteiger partial charge in [0, 0.05) is 11.3 Å². The van der Waals surface area contributed by atoms with E-state index in [9.17, 15) is 19.2 Å². The third-order valence-corrected chi connectivity index (χ3v) is 5.62. The highest BCUT2D eigenvalue weighted by Crippen LogP contribution is 2.18. The Labute approximate surface area is 244 Å². The molecule has 42 heavy (non-hydrogen) atoms. The van der Waals surface area contributed by atoms with Gasteiger partial charge < -0.3 is 25.4 Å². The molecule has 0 saturated carbocycles. The number of anilines is 1. The zero-order valence-corrected chi connectivity index (χ0v) is 23.7. The first-order chi connectivity index (χ1) is 20.0. The van der Waals surface area contributed by atoms with E-state index < -0.39 is 35.6 Å². The molecule has 0 aliphatic rings. The molecule has 5 N–H and O–H groups in total. The van der Waals surface area contributed by atoms with Gasteiger partial charge in [-0.15, -0.1) is 0 Å². The minimum Gasteiger partial charge on any atom is -0.461 e. The summed E-state index contributed by atoms with van der Waals surface area (Å²) in [5.41, 5.74) is 1.69. The van der Waals surface area contributed by atoms with Crippen molar-refractivity contribution in [2.45, 2.75) is 45.4 Å². The summed E-state index contributed by atoms with van der Waals surface area (Å²) in [5, 5.41) is 18.2. The van der Waals surface area contributed by atoms with Crippen LogP contribution in [0.3, 0.4) is 0 Å². The van der Waals surface area contributed by atoms with Crippen molar-refractivity contribution in [1.82, 2.24) is 16.0 Å². The fourth-order valence-corrected chi connectivity index (χ4v) is 3.68. The van der Waals surface area contributed by atoms with Crippen molar-refractivity contribution in [2.75, 3.05) is 11.9 Å². The average molecular weight is 574 g/mol. The van der Waals surface area contributed by atoms with Crippen molar-refractivity contribution in [3.05, 3.63) is 102 Å². The van der Waals surface area contributed by atoms with Crippen LogP contribution in [0, 0.1) is 5.41 Å². The van der Waals surface area contributed by atoms with Gasteiger partial charge in [0.25, 0.3) is 0 Å². The molecule has 0 fully saturated rings. The van der Waals surface area contributed by atoms with Gasteiger partial charge >= 0.3 is 18.1 Å². The maximum Gasteiger partial charge on any atom is 0.413 e. The van der Waals surface area contributed by atoms with E-state index in [1.54, 1.807) is 69.3 Å². The summed E-state index contributed by atoms with van der Waals surface area (Å²) in [7, 11) is 0. The maximum atomic E-state index is 12.7. The van der Waals surface area contributed by atoms with Crippen LogP contribution < -0.4 is 21.3 Å². The van der Waals surface area contributed by atoms with Crippen LogP contribution in [0.4, 0.5) is 15.3 Å². The van der Waals surface area contributed by atoms with E-state index in [0.717, 1.165) is 11.1 Å². The number of hydrogen-bond donors (Lipinski definition) is 5. The maximum absolute atomic E-state index is 12.7. The van der Waals surface area contributed by atoms with Crippen molar-refractivity contribution in [3.63, 3.8) is 0 Å². The van der Waals surface area contributed by atoms with E-state index in [0.29, 0.717) is 11.3 Å². The molecule has 3 aromatic carbocycles. The lowest BCUT2D eigenvalue weighted by Gasteiger charge is -2.20. The molecule has 0 heterocycles. The number of carbonyl (C=O) groups is 4. The third-order valence-electron chi connectivity index (χ3n) is 5.62. The van der Waals surface area contributed by atoms with Crippen molar-refractivity contribution in [1.29, 1.82) is 5.41 Å². The van der Waals surface area contributed by atoms with E-state index in [4.69, 9.17) is 14.9 Å². The number of esters is 1. The Bertz CT molecular complexity index is 1370. The predicted molar refractivity (Wildman–Crippen MR) is 158 cm³/mol. The molecule has 0 spiro atoms. The van der Waals surface area contributed by atoms with Crippen LogP contribution >= 0.6 is 0 Å². The van der Waals surface area contributed by atoms with Gasteiger partial charge in [-0.25, -0.2) is 9.59 Å². The highest BCUT2D eigenvalue weighted by atomic mass is 16.6. The van der Waals surface area contributed by atoms with Crippen molar-refractivity contribution in [3.8, 4) is 0 Å². The van der Waals surface area contributed by atoms with Gasteiger partial charge in [-0.2, -0.15) is 0 Å². The first kappa shape index (κ1) is 31.3. The van der Waals surface area contributed by atoms with Gasteiger partial charge in [0.05, 0.1) is 19.0 Å². The fraction of sp³-hybridized carbons (Fsp3) is 0.258. The summed E-state index contributed by atoms with van der Waals surface area (Å²) in [6.07, 6.45) is -0.829. The normalized spacial score (nSPS) is 11.4. The van der Waals surface area contributed by atoms with E-state index in [1.807, 2.05) is 36.4 Å². The Morgan fingerprint density at radius 2 is 1.48 bits per heavy atom. The number of amidine groups is 1. The Kier molecular flexibility index (Phi) is 11.2. The Morgan fingerprint density at radius 1 is 0.857 bits per heavy atom. The number of ether oxygens (including phenoxy) is 2. The molecule has 4 amide bonds. The first-order valence-electron chi connectivity index (χ1n) is 13.3. The molecular formula is C31H35N5O6. The standard InChI is InChI=1S/C31H35N5O6/c1-31(2,3)42-30(40)36-28(32)23-14-16-24(17-15-23)34-29(39)33-19-26(37)35-25(22-12-8-5-9-13-22)18-27(38)41-20-21-10-6-4-7-11-21/h4-17,25H,18-20H2,1-3H3,(H,35,37)(H2,32,36,40)(H2,33,34,39). The van der Waals surface area contributed by atoms with Crippen LogP contribution in [-0.2, 0) is 25.7 Å². The van der Waals surface area contributed by atoms with Crippen molar-refractivity contribution < 1.29 is 28.7 Å². The molecular weight excluding hydrogens is 538 g/mol. The quantitative estimate of drug-likeness (QED) is 0.135. The molecule has 3 aromatic rings. The number of nitrogens with one attached hydrogen (secondary N) is 5. The summed E-state index contributed by atoms with van der Waals surface area (Å²) in [6.45, 7) is 4.95. The lowest BCUT2D eigenvalue weighted by atomic mass is 10.0. The minimum absolute atomic E-state index is 0.0844. The molecule has 3 rings (SSSR count). The zero-order chi connectivity index (χ0) is 30.5. The van der Waals surface area contributed by atoms with E-state index in [-0.39, 0.29) is 25.4 Å². The highest BCUT2D eigenvalue weighted by Gasteiger charge is 2.20. The Morgan fingerprint density at radius 3 is 2.10 bits per heavy atom. The van der Waals surface area contributed by atoms with Crippen LogP contribution in [0.2, 0.25) is 0 Å². The van der Waals surface area contributed by atoms with E-state index in [2.05, 4.69) is 21.3 Å². The summed E-state index contributed by atoms with van der Waals surface area (Å²) >= 11 is 0. The second-order valence-corrected chi connectivity index (χ2v) is 10.3. The summed E-state index contributed by atoms with van der Waals surface area (Å²) in [6, 6.07) is 23.2. The van der Waals surface area contributed by atoms with Gasteiger partial charge in [-0.3, -0.25) is 20.3 Å². The van der Waals surface area contributed by atoms with Crippen LogP contribution in [0.15, 0.2) is 84.9 Å². The second kappa shape index (κ2) is 15.0. The van der Waals surface area contributed by atoms with Crippen LogP contribution in [0.25, 0.3) is 0 Å². The SMILES string of the molecule is CC(C)(C)OC(=O)NC(=N)c1ccc(NC(=O)NCC(=O)NC(CC(=O)OCc2ccccc2)c2ccccc2)cc1. The number of benzene rings is 3. The first-order valence-corrected chi connectivity index (χ1v) is 13.3. The van der Waals surface area contributed by atoms with Crippen LogP contribution in [0.1, 0.15) is 49.9 Å². The summed E-state index contributed by atoms with van der Waals surface area (Å²) in [5.74, 6) is -1.13. The van der Waals surface area contributed by atoms with Gasteiger partial charge in [-0.05, 0) is 56.2 Å². The van der Waals surface area contributed by atoms with Crippen LogP contribution in [-0.4, -0.2) is 42.0 Å². The van der Waals surface area contributed by atoms with Crippen LogP contribution in [0.5, 0.6) is 0 Å². The number of urea groups is 1. The fourth-order valence-electron chi connectivity index (χ4n) is 3.68. The smallest absolute Gasteiger partial charge is 0.413 e. The van der Waals surface area contributed by atoms with Gasteiger partial charge in [0.15, 0.2) is 0 Å². The Hall–Kier alpha value is -5.19. The summed E-state index contributed by atoms with van der Waals surface area (Å²) < 4.78 is 10.5. The van der Waals surface area contributed by atoms with Crippen molar-refractivity contribution >= 4 is 35.5 Å². The molecule has 1 unspecified atom stereocenters. The Balaban J connectivity index is 1.48. The van der Waals surface area contributed by atoms with Gasteiger partial charge in [0.2, 0.25) is 5.91 Å². The molecule has 0 bridgehead atoms. The minimum atomic E-state index is -0.745. The van der Waals surface area contributed by atoms with E-state index >= 15 is 0 Å². The molecule has 0 saturated heterocycles. The molecule has 0 aromatic heterocycles. The molecule has 11 heteroatoms. The number of amides is 4. The number of rotatable bonds is 10. The zero-order valence-electron chi connectivity index (χ0n) is 23.7. The topological polar surface area (TPSA) is 159 Å². The highest BCUT2D eigenvalue weighted by molar-refractivity contribution is 6.05. The van der Waals surface area contributed by atoms with Gasteiger partial charge in [-0.1, -0.05) is 60.7 Å². The molecule has 1 atom stereocenters. The number of carbonyl (C=O) groups excluding carboxylic acids is 4. The molecule has 0 radical (unpaired) electrons. The molecule has 220 valence electrons.